The molecule has 1 fully saturated rings. The van der Waals surface area contributed by atoms with E-state index >= 15 is 0 Å². The summed E-state index contributed by atoms with van der Waals surface area (Å²) in [4.78, 5) is 14.0. The van der Waals surface area contributed by atoms with Crippen molar-refractivity contribution in [1.82, 2.24) is 10.2 Å². The highest BCUT2D eigenvalue weighted by Crippen LogP contribution is 2.12. The van der Waals surface area contributed by atoms with Crippen LogP contribution in [0.5, 0.6) is 0 Å². The topological polar surface area (TPSA) is 32.3 Å². The molecule has 1 rings (SSSR count). The molecule has 1 aliphatic rings. The van der Waals surface area contributed by atoms with Gasteiger partial charge in [0.05, 0.1) is 0 Å². The number of amides is 1. The van der Waals surface area contributed by atoms with Crippen LogP contribution >= 0.6 is 0 Å². The summed E-state index contributed by atoms with van der Waals surface area (Å²) in [6.07, 6.45) is 5.46. The zero-order valence-electron chi connectivity index (χ0n) is 11.0. The molecule has 16 heavy (non-hydrogen) atoms. The molecule has 0 bridgehead atoms. The molecular formula is C13H26N2O. The van der Waals surface area contributed by atoms with Crippen LogP contribution in [0.4, 0.5) is 0 Å². The lowest BCUT2D eigenvalue weighted by molar-refractivity contribution is -0.133. The van der Waals surface area contributed by atoms with Crippen molar-refractivity contribution in [3.8, 4) is 0 Å². The first-order chi connectivity index (χ1) is 7.55. The molecule has 0 aromatic carbocycles. The van der Waals surface area contributed by atoms with Crippen LogP contribution in [-0.4, -0.2) is 36.0 Å². The lowest BCUT2D eigenvalue weighted by atomic mass is 10.0. The summed E-state index contributed by atoms with van der Waals surface area (Å²) in [7, 11) is 0. The molecular weight excluding hydrogens is 200 g/mol. The first kappa shape index (κ1) is 13.5. The van der Waals surface area contributed by atoms with Gasteiger partial charge in [0, 0.05) is 31.6 Å². The Kier molecular flexibility index (Phi) is 5.26. The molecule has 1 saturated heterocycles. The summed E-state index contributed by atoms with van der Waals surface area (Å²) in [5.74, 6) is 0.339. The van der Waals surface area contributed by atoms with Crippen molar-refractivity contribution in [3.63, 3.8) is 0 Å². The molecule has 0 atom stereocenters. The van der Waals surface area contributed by atoms with E-state index in [4.69, 9.17) is 0 Å². The molecule has 1 N–H and O–H groups in total. The van der Waals surface area contributed by atoms with Gasteiger partial charge in [0.25, 0.3) is 0 Å². The zero-order valence-corrected chi connectivity index (χ0v) is 11.0. The number of nitrogens with zero attached hydrogens (tertiary/aromatic N) is 1. The molecule has 3 heteroatoms. The van der Waals surface area contributed by atoms with E-state index in [2.05, 4.69) is 26.1 Å². The maximum Gasteiger partial charge on any atom is 0.222 e. The fraction of sp³-hybridized carbons (Fsp3) is 0.923. The van der Waals surface area contributed by atoms with E-state index in [1.54, 1.807) is 0 Å². The molecule has 1 aliphatic heterocycles. The summed E-state index contributed by atoms with van der Waals surface area (Å²) < 4.78 is 0. The molecule has 0 aromatic heterocycles. The number of piperazine rings is 1. The van der Waals surface area contributed by atoms with Crippen LogP contribution in [0.1, 0.15) is 52.9 Å². The Morgan fingerprint density at radius 1 is 1.31 bits per heavy atom. The number of hydrogen-bond acceptors (Lipinski definition) is 2. The first-order valence-corrected chi connectivity index (χ1v) is 6.58. The number of carbonyl (C=O) groups is 1. The van der Waals surface area contributed by atoms with Gasteiger partial charge in [-0.25, -0.2) is 0 Å². The van der Waals surface area contributed by atoms with Gasteiger partial charge in [-0.05, 0) is 20.3 Å². The summed E-state index contributed by atoms with van der Waals surface area (Å²) in [6, 6.07) is 0. The van der Waals surface area contributed by atoms with Crippen LogP contribution in [0.15, 0.2) is 0 Å². The predicted molar refractivity (Wildman–Crippen MR) is 67.4 cm³/mol. The minimum Gasteiger partial charge on any atom is -0.340 e. The molecule has 94 valence electrons. The monoisotopic (exact) mass is 226 g/mol. The van der Waals surface area contributed by atoms with Crippen LogP contribution in [-0.2, 0) is 4.79 Å². The Morgan fingerprint density at radius 3 is 2.69 bits per heavy atom. The molecule has 0 aromatic rings. The van der Waals surface area contributed by atoms with Gasteiger partial charge < -0.3 is 10.2 Å². The van der Waals surface area contributed by atoms with E-state index in [1.807, 2.05) is 4.90 Å². The minimum atomic E-state index is 0.0807. The maximum absolute atomic E-state index is 11.9. The van der Waals surface area contributed by atoms with Gasteiger partial charge in [-0.1, -0.05) is 26.2 Å². The van der Waals surface area contributed by atoms with Crippen molar-refractivity contribution in [2.75, 3.05) is 19.6 Å². The second-order valence-electron chi connectivity index (χ2n) is 5.44. The number of hydrogen-bond donors (Lipinski definition) is 1. The smallest absolute Gasteiger partial charge is 0.222 e. The molecule has 0 saturated carbocycles. The zero-order chi connectivity index (χ0) is 12.0. The van der Waals surface area contributed by atoms with Gasteiger partial charge in [-0.3, -0.25) is 4.79 Å². The highest BCUT2D eigenvalue weighted by atomic mass is 16.2. The molecule has 1 heterocycles. The van der Waals surface area contributed by atoms with Crippen LogP contribution in [0.25, 0.3) is 0 Å². The summed E-state index contributed by atoms with van der Waals surface area (Å²) in [5.41, 5.74) is 0.0807. The molecule has 0 unspecified atom stereocenters. The SMILES string of the molecule is CCCCCCC(=O)N1CCNC(C)(C)C1. The summed E-state index contributed by atoms with van der Waals surface area (Å²) in [5, 5.41) is 3.43. The van der Waals surface area contributed by atoms with Gasteiger partial charge >= 0.3 is 0 Å². The third-order valence-corrected chi connectivity index (χ3v) is 3.17. The van der Waals surface area contributed by atoms with E-state index in [1.165, 1.54) is 19.3 Å². The Labute approximate surface area is 99.6 Å². The van der Waals surface area contributed by atoms with E-state index < -0.39 is 0 Å². The van der Waals surface area contributed by atoms with Crippen LogP contribution in [0.2, 0.25) is 0 Å². The van der Waals surface area contributed by atoms with Gasteiger partial charge in [0.2, 0.25) is 5.91 Å². The average molecular weight is 226 g/mol. The van der Waals surface area contributed by atoms with Crippen molar-refractivity contribution in [1.29, 1.82) is 0 Å². The standard InChI is InChI=1S/C13H26N2O/c1-4-5-6-7-8-12(16)15-10-9-14-13(2,3)11-15/h14H,4-11H2,1-3H3. The van der Waals surface area contributed by atoms with Crippen molar-refractivity contribution in [2.24, 2.45) is 0 Å². The van der Waals surface area contributed by atoms with Crippen molar-refractivity contribution >= 4 is 5.91 Å². The lowest BCUT2D eigenvalue weighted by Crippen LogP contribution is -2.58. The second-order valence-corrected chi connectivity index (χ2v) is 5.44. The Morgan fingerprint density at radius 2 is 2.06 bits per heavy atom. The normalized spacial score (nSPS) is 19.8. The lowest BCUT2D eigenvalue weighted by Gasteiger charge is -2.39. The first-order valence-electron chi connectivity index (χ1n) is 6.58. The van der Waals surface area contributed by atoms with Crippen LogP contribution in [0, 0.1) is 0 Å². The Balaban J connectivity index is 2.25. The molecule has 0 spiro atoms. The van der Waals surface area contributed by atoms with Gasteiger partial charge in [-0.15, -0.1) is 0 Å². The second kappa shape index (κ2) is 6.24. The van der Waals surface area contributed by atoms with Gasteiger partial charge in [0.15, 0.2) is 0 Å². The number of carbonyl (C=O) groups excluding carboxylic acids is 1. The molecule has 1 amide bonds. The highest BCUT2D eigenvalue weighted by molar-refractivity contribution is 5.76. The highest BCUT2D eigenvalue weighted by Gasteiger charge is 2.27. The molecule has 3 nitrogen and oxygen atoms in total. The van der Waals surface area contributed by atoms with Crippen molar-refractivity contribution in [3.05, 3.63) is 0 Å². The number of unbranched alkanes of at least 4 members (excludes halogenated alkanes) is 3. The van der Waals surface area contributed by atoms with Gasteiger partial charge in [-0.2, -0.15) is 0 Å². The molecule has 0 aliphatic carbocycles. The number of rotatable bonds is 5. The fourth-order valence-electron chi connectivity index (χ4n) is 2.22. The van der Waals surface area contributed by atoms with E-state index in [0.29, 0.717) is 5.91 Å². The van der Waals surface area contributed by atoms with Crippen LogP contribution in [0.3, 0.4) is 0 Å². The van der Waals surface area contributed by atoms with Gasteiger partial charge in [0.1, 0.15) is 0 Å². The molecule has 0 radical (unpaired) electrons. The van der Waals surface area contributed by atoms with E-state index in [-0.39, 0.29) is 5.54 Å². The minimum absolute atomic E-state index is 0.0807. The van der Waals surface area contributed by atoms with Crippen LogP contribution < -0.4 is 5.32 Å². The average Bonchev–Trinajstić information content (AvgIpc) is 2.22. The number of nitrogens with one attached hydrogen (secondary N) is 1. The third-order valence-electron chi connectivity index (χ3n) is 3.17. The predicted octanol–water partition coefficient (Wildman–Crippen LogP) is 2.17. The summed E-state index contributed by atoms with van der Waals surface area (Å²) in [6.45, 7) is 9.15. The maximum atomic E-state index is 11.9. The summed E-state index contributed by atoms with van der Waals surface area (Å²) >= 11 is 0. The third kappa shape index (κ3) is 4.52. The fourth-order valence-corrected chi connectivity index (χ4v) is 2.22. The van der Waals surface area contributed by atoms with E-state index in [9.17, 15) is 4.79 Å². The quantitative estimate of drug-likeness (QED) is 0.729. The Hall–Kier alpha value is -0.570. The van der Waals surface area contributed by atoms with E-state index in [0.717, 1.165) is 32.5 Å². The van der Waals surface area contributed by atoms with Crippen molar-refractivity contribution in [2.45, 2.75) is 58.4 Å². The Bertz CT molecular complexity index is 226. The van der Waals surface area contributed by atoms with Crippen molar-refractivity contribution < 1.29 is 4.79 Å². The largest absolute Gasteiger partial charge is 0.340 e.